The number of hydrogen-bond donors (Lipinski definition) is 0. The number of unbranched alkanes of at least 4 members (excludes halogenated alkanes) is 3. The number of aryl methyl sites for hydroxylation is 3. The first kappa shape index (κ1) is 29.8. The van der Waals surface area contributed by atoms with Gasteiger partial charge in [-0.25, -0.2) is 0 Å². The van der Waals surface area contributed by atoms with Gasteiger partial charge in [0.15, 0.2) is 8.07 Å². The zero-order valence-corrected chi connectivity index (χ0v) is 27.1. The monoisotopic (exact) mass is 560 g/mol. The van der Waals surface area contributed by atoms with Crippen LogP contribution in [-0.2, 0) is 19.3 Å². The van der Waals surface area contributed by atoms with Crippen LogP contribution in [0.2, 0.25) is 5.54 Å². The fourth-order valence-electron chi connectivity index (χ4n) is 7.99. The summed E-state index contributed by atoms with van der Waals surface area (Å²) < 4.78 is 0. The van der Waals surface area contributed by atoms with E-state index in [0.29, 0.717) is 23.3 Å². The molecule has 0 N–H and O–H groups in total. The Morgan fingerprint density at radius 1 is 0.561 bits per heavy atom. The van der Waals surface area contributed by atoms with Gasteiger partial charge in [0, 0.05) is 0 Å². The van der Waals surface area contributed by atoms with Gasteiger partial charge in [0.25, 0.3) is 0 Å². The van der Waals surface area contributed by atoms with Crippen LogP contribution >= 0.6 is 0 Å². The largest absolute Gasteiger partial charge is 0.152 e. The van der Waals surface area contributed by atoms with Gasteiger partial charge in [-0.05, 0) is 100 Å². The Bertz CT molecular complexity index is 1150. The van der Waals surface area contributed by atoms with Crippen LogP contribution in [0.3, 0.4) is 0 Å². The first-order chi connectivity index (χ1) is 20.1. The number of allylic oxidation sites excluding steroid dienone is 4. The van der Waals surface area contributed by atoms with E-state index >= 15 is 0 Å². The first-order valence-corrected chi connectivity index (χ1v) is 18.8. The molecule has 0 saturated heterocycles. The molecule has 0 bridgehead atoms. The molecule has 0 amide bonds. The van der Waals surface area contributed by atoms with Crippen LogP contribution < -0.4 is 15.6 Å². The smallest absolute Gasteiger partial charge is 0.0808 e. The van der Waals surface area contributed by atoms with Crippen molar-refractivity contribution in [2.45, 2.75) is 97.4 Å². The molecule has 0 heterocycles. The highest BCUT2D eigenvalue weighted by Crippen LogP contribution is 2.52. The molecule has 4 unspecified atom stereocenters. The molecule has 0 spiro atoms. The van der Waals surface area contributed by atoms with Gasteiger partial charge in [-0.3, -0.25) is 0 Å². The highest BCUT2D eigenvalue weighted by atomic mass is 28.3. The Kier molecular flexibility index (Phi) is 10.2. The molecule has 4 atom stereocenters. The molecule has 1 heteroatoms. The Hall–Kier alpha value is -2.64. The van der Waals surface area contributed by atoms with Crippen molar-refractivity contribution in [3.8, 4) is 0 Å². The second-order valence-corrected chi connectivity index (χ2v) is 17.0. The minimum Gasteiger partial charge on any atom is -0.0808 e. The summed E-state index contributed by atoms with van der Waals surface area (Å²) in [6.07, 6.45) is 22.1. The Balaban J connectivity index is 1.71. The fraction of sp³-hybridized carbons (Fsp3) is 0.450. The van der Waals surface area contributed by atoms with E-state index in [4.69, 9.17) is 0 Å². The standard InChI is InChI=1S/C40H52Si/c1-5-8-13-32-18-24-36(25-19-32)41(37-26-20-33(21-27-37)14-9-6-2,38-28-22-34(23-29-38)15-10-7-3)40-31(4)30-35-16-11-12-17-39(35)40/h11-12,16-29,31,35,39-40H,5-10,13-15,30H2,1-4H3. The molecule has 1 saturated carbocycles. The average Bonchev–Trinajstić information content (AvgIpc) is 3.36. The van der Waals surface area contributed by atoms with Crippen molar-refractivity contribution >= 4 is 23.6 Å². The summed E-state index contributed by atoms with van der Waals surface area (Å²) >= 11 is 0. The van der Waals surface area contributed by atoms with Gasteiger partial charge >= 0.3 is 0 Å². The molecule has 2 aliphatic carbocycles. The van der Waals surface area contributed by atoms with E-state index < -0.39 is 8.07 Å². The Morgan fingerprint density at radius 2 is 0.951 bits per heavy atom. The highest BCUT2D eigenvalue weighted by Gasteiger charge is 2.55. The van der Waals surface area contributed by atoms with Crippen molar-refractivity contribution < 1.29 is 0 Å². The summed E-state index contributed by atoms with van der Waals surface area (Å²) in [5, 5.41) is 4.79. The summed E-state index contributed by atoms with van der Waals surface area (Å²) in [6, 6.07) is 30.1. The fourth-order valence-corrected chi connectivity index (χ4v) is 14.1. The van der Waals surface area contributed by atoms with Gasteiger partial charge in [-0.1, -0.05) is 144 Å². The van der Waals surface area contributed by atoms with Crippen molar-refractivity contribution in [1.29, 1.82) is 0 Å². The van der Waals surface area contributed by atoms with Gasteiger partial charge < -0.3 is 0 Å². The minimum absolute atomic E-state index is 0.598. The summed E-state index contributed by atoms with van der Waals surface area (Å²) in [5.74, 6) is 1.92. The van der Waals surface area contributed by atoms with Gasteiger partial charge in [0.2, 0.25) is 0 Å². The van der Waals surface area contributed by atoms with Crippen LogP contribution in [0.25, 0.3) is 0 Å². The van der Waals surface area contributed by atoms with E-state index in [1.54, 1.807) is 15.6 Å². The topological polar surface area (TPSA) is 0 Å². The summed E-state index contributed by atoms with van der Waals surface area (Å²) in [5.41, 5.74) is 5.08. The number of fused-ring (bicyclic) bond motifs is 1. The zero-order chi connectivity index (χ0) is 28.7. The van der Waals surface area contributed by atoms with Crippen molar-refractivity contribution in [2.75, 3.05) is 0 Å². The molecular weight excluding hydrogens is 509 g/mol. The molecule has 41 heavy (non-hydrogen) atoms. The molecule has 3 aromatic carbocycles. The maximum atomic E-state index is 2.57. The molecule has 3 aromatic rings. The third kappa shape index (κ3) is 6.26. The normalized spacial score (nSPS) is 21.8. The number of hydrogen-bond acceptors (Lipinski definition) is 0. The van der Waals surface area contributed by atoms with E-state index in [-0.39, 0.29) is 0 Å². The lowest BCUT2D eigenvalue weighted by Crippen LogP contribution is -2.71. The molecule has 216 valence electrons. The lowest BCUT2D eigenvalue weighted by Gasteiger charge is -2.44. The number of benzene rings is 3. The molecule has 5 rings (SSSR count). The van der Waals surface area contributed by atoms with Gasteiger partial charge in [-0.15, -0.1) is 0 Å². The highest BCUT2D eigenvalue weighted by molar-refractivity contribution is 7.12. The molecule has 0 radical (unpaired) electrons. The number of rotatable bonds is 13. The summed E-state index contributed by atoms with van der Waals surface area (Å²) in [7, 11) is -2.41. The quantitative estimate of drug-likeness (QED) is 0.145. The maximum Gasteiger partial charge on any atom is 0.152 e. The Morgan fingerprint density at radius 3 is 1.34 bits per heavy atom. The second kappa shape index (κ2) is 14.0. The van der Waals surface area contributed by atoms with Gasteiger partial charge in [-0.2, -0.15) is 0 Å². The van der Waals surface area contributed by atoms with Crippen molar-refractivity contribution in [1.82, 2.24) is 0 Å². The predicted molar refractivity (Wildman–Crippen MR) is 183 cm³/mol. The van der Waals surface area contributed by atoms with Crippen LogP contribution in [0.1, 0.15) is 89.3 Å². The lowest BCUT2D eigenvalue weighted by molar-refractivity contribution is 0.547. The van der Waals surface area contributed by atoms with Crippen LogP contribution in [0.15, 0.2) is 97.1 Å². The van der Waals surface area contributed by atoms with Crippen molar-refractivity contribution in [2.24, 2.45) is 17.8 Å². The summed E-state index contributed by atoms with van der Waals surface area (Å²) in [4.78, 5) is 0. The van der Waals surface area contributed by atoms with Crippen LogP contribution in [-0.4, -0.2) is 8.07 Å². The molecule has 0 aromatic heterocycles. The molecule has 0 nitrogen and oxygen atoms in total. The zero-order valence-electron chi connectivity index (χ0n) is 26.1. The van der Waals surface area contributed by atoms with Crippen molar-refractivity contribution in [3.63, 3.8) is 0 Å². The maximum absolute atomic E-state index is 2.57. The third-order valence-corrected chi connectivity index (χ3v) is 15.8. The van der Waals surface area contributed by atoms with E-state index in [0.717, 1.165) is 0 Å². The SMILES string of the molecule is CCCCc1ccc([Si](c2ccc(CCCC)cc2)(c2ccc(CCCC)cc2)C2C(C)CC3C=CC=CC32)cc1. The Labute approximate surface area is 252 Å². The summed E-state index contributed by atoms with van der Waals surface area (Å²) in [6.45, 7) is 9.45. The van der Waals surface area contributed by atoms with Crippen LogP contribution in [0.5, 0.6) is 0 Å². The average molecular weight is 561 g/mol. The van der Waals surface area contributed by atoms with E-state index in [1.165, 1.54) is 80.9 Å². The first-order valence-electron chi connectivity index (χ1n) is 16.7. The van der Waals surface area contributed by atoms with E-state index in [9.17, 15) is 0 Å². The third-order valence-electron chi connectivity index (χ3n) is 10.2. The minimum atomic E-state index is -2.41. The molecule has 1 fully saturated rings. The van der Waals surface area contributed by atoms with E-state index in [1.807, 2.05) is 0 Å². The molecular formula is C40H52Si. The van der Waals surface area contributed by atoms with Crippen LogP contribution in [0.4, 0.5) is 0 Å². The van der Waals surface area contributed by atoms with Crippen LogP contribution in [0, 0.1) is 17.8 Å². The molecule has 2 aliphatic rings. The second-order valence-electron chi connectivity index (χ2n) is 13.0. The van der Waals surface area contributed by atoms with Crippen molar-refractivity contribution in [3.05, 3.63) is 114 Å². The van der Waals surface area contributed by atoms with Gasteiger partial charge in [0.1, 0.15) is 0 Å². The predicted octanol–water partition coefficient (Wildman–Crippen LogP) is 8.95. The molecule has 0 aliphatic heterocycles. The lowest BCUT2D eigenvalue weighted by atomic mass is 9.92. The van der Waals surface area contributed by atoms with E-state index in [2.05, 4.69) is 125 Å². The van der Waals surface area contributed by atoms with Gasteiger partial charge in [0.05, 0.1) is 0 Å².